The van der Waals surface area contributed by atoms with Crippen molar-refractivity contribution in [1.29, 1.82) is 0 Å². The van der Waals surface area contributed by atoms with Gasteiger partial charge in [-0.15, -0.1) is 23.1 Å². The second kappa shape index (κ2) is 11.1. The molecule has 1 heterocycles. The Morgan fingerprint density at radius 2 is 1.97 bits per heavy atom. The number of rotatable bonds is 11. The molecule has 0 amide bonds. The number of hydrogen-bond donors (Lipinski definition) is 1. The Kier molecular flexibility index (Phi) is 8.54. The number of nitrogens with zero attached hydrogens (tertiary/aromatic N) is 1. The molecule has 3 rings (SSSR count). The predicted octanol–water partition coefficient (Wildman–Crippen LogP) is 5.51. The van der Waals surface area contributed by atoms with Gasteiger partial charge in [0, 0.05) is 28.4 Å². The molecule has 8 heteroatoms. The number of ether oxygens (including phenoxy) is 1. The second-order valence-corrected chi connectivity index (χ2v) is 11.0. The predicted molar refractivity (Wildman–Crippen MR) is 130 cm³/mol. The van der Waals surface area contributed by atoms with E-state index in [9.17, 15) is 9.00 Å². The van der Waals surface area contributed by atoms with Gasteiger partial charge in [-0.05, 0) is 61.0 Å². The molecule has 166 valence electrons. The van der Waals surface area contributed by atoms with Crippen LogP contribution in [0.15, 0.2) is 51.6 Å². The summed E-state index contributed by atoms with van der Waals surface area (Å²) >= 11 is 3.32. The van der Waals surface area contributed by atoms with E-state index in [-0.39, 0.29) is 6.61 Å². The third-order valence-corrected chi connectivity index (χ3v) is 8.95. The number of thioether (sulfide) groups is 1. The molecule has 1 aromatic heterocycles. The van der Waals surface area contributed by atoms with Crippen molar-refractivity contribution in [2.75, 3.05) is 25.4 Å². The molecule has 0 fully saturated rings. The number of carbonyl (C=O) groups is 1. The maximum atomic E-state index is 13.4. The summed E-state index contributed by atoms with van der Waals surface area (Å²) < 4.78 is 22.8. The van der Waals surface area contributed by atoms with Gasteiger partial charge in [-0.1, -0.05) is 25.1 Å². The molecule has 0 saturated heterocycles. The van der Waals surface area contributed by atoms with E-state index in [1.807, 2.05) is 37.3 Å². The summed E-state index contributed by atoms with van der Waals surface area (Å²) in [5, 5.41) is 9.94. The van der Waals surface area contributed by atoms with E-state index in [1.165, 1.54) is 10.1 Å². The summed E-state index contributed by atoms with van der Waals surface area (Å²) in [5.74, 6) is 0.404. The summed E-state index contributed by atoms with van der Waals surface area (Å²) in [7, 11) is -1.18. The standard InChI is InChI=1S/C23H27NO4S3/c1-4-11-24(31(27)23-17(3)19-7-5-6-8-21(19)30-23)12-13-29-18-9-10-20(16(2)14-18)28-15-22(25)26/h5-10,14H,4,11-13,15H2,1-3H3,(H,25,26). The number of carboxylic acids is 1. The van der Waals surface area contributed by atoms with E-state index in [1.54, 1.807) is 23.1 Å². The van der Waals surface area contributed by atoms with Crippen LogP contribution in [-0.4, -0.2) is 45.0 Å². The molecule has 31 heavy (non-hydrogen) atoms. The highest BCUT2D eigenvalue weighted by Crippen LogP contribution is 2.34. The van der Waals surface area contributed by atoms with E-state index in [2.05, 4.69) is 30.3 Å². The van der Waals surface area contributed by atoms with Crippen LogP contribution >= 0.6 is 23.1 Å². The molecular weight excluding hydrogens is 450 g/mol. The van der Waals surface area contributed by atoms with Crippen molar-refractivity contribution in [3.8, 4) is 5.75 Å². The van der Waals surface area contributed by atoms with Gasteiger partial charge in [0.1, 0.15) is 20.9 Å². The highest BCUT2D eigenvalue weighted by Gasteiger charge is 2.20. The molecule has 0 saturated carbocycles. The van der Waals surface area contributed by atoms with Crippen molar-refractivity contribution in [3.05, 3.63) is 53.6 Å². The molecule has 1 N–H and O–H groups in total. The maximum absolute atomic E-state index is 13.4. The van der Waals surface area contributed by atoms with Crippen LogP contribution in [0.2, 0.25) is 0 Å². The average Bonchev–Trinajstić information content (AvgIpc) is 3.08. The zero-order valence-corrected chi connectivity index (χ0v) is 20.4. The number of thiophene rings is 1. The summed E-state index contributed by atoms with van der Waals surface area (Å²) in [6.45, 7) is 7.22. The lowest BCUT2D eigenvalue weighted by molar-refractivity contribution is -0.139. The van der Waals surface area contributed by atoms with Gasteiger partial charge in [-0.3, -0.25) is 0 Å². The largest absolute Gasteiger partial charge is 0.482 e. The van der Waals surface area contributed by atoms with Crippen molar-refractivity contribution >= 4 is 50.1 Å². The Morgan fingerprint density at radius 3 is 2.65 bits per heavy atom. The lowest BCUT2D eigenvalue weighted by Gasteiger charge is -2.20. The van der Waals surface area contributed by atoms with Gasteiger partial charge >= 0.3 is 5.97 Å². The first kappa shape index (κ1) is 23.8. The van der Waals surface area contributed by atoms with Gasteiger partial charge in [0.2, 0.25) is 0 Å². The third-order valence-electron chi connectivity index (χ3n) is 4.77. The fraction of sp³-hybridized carbons (Fsp3) is 0.348. The molecule has 3 aromatic rings. The Morgan fingerprint density at radius 1 is 1.19 bits per heavy atom. The topological polar surface area (TPSA) is 66.8 Å². The molecule has 5 nitrogen and oxygen atoms in total. The lowest BCUT2D eigenvalue weighted by atomic mass is 10.2. The molecular formula is C23H27NO4S3. The molecule has 0 aliphatic heterocycles. The van der Waals surface area contributed by atoms with E-state index in [4.69, 9.17) is 9.84 Å². The van der Waals surface area contributed by atoms with Crippen LogP contribution in [0.4, 0.5) is 0 Å². The molecule has 0 radical (unpaired) electrons. The molecule has 1 unspecified atom stereocenters. The van der Waals surface area contributed by atoms with Crippen LogP contribution in [0.5, 0.6) is 5.75 Å². The minimum atomic E-state index is -1.18. The Balaban J connectivity index is 1.64. The van der Waals surface area contributed by atoms with Crippen molar-refractivity contribution in [2.24, 2.45) is 0 Å². The Bertz CT molecular complexity index is 1080. The quantitative estimate of drug-likeness (QED) is 0.369. The number of aliphatic carboxylic acids is 1. The Labute approximate surface area is 194 Å². The molecule has 0 bridgehead atoms. The summed E-state index contributed by atoms with van der Waals surface area (Å²) in [6, 6.07) is 14.0. The summed E-state index contributed by atoms with van der Waals surface area (Å²) in [6.07, 6.45) is 0.940. The van der Waals surface area contributed by atoms with Crippen LogP contribution in [-0.2, 0) is 15.8 Å². The average molecular weight is 478 g/mol. The van der Waals surface area contributed by atoms with Gasteiger partial charge in [0.15, 0.2) is 6.61 Å². The van der Waals surface area contributed by atoms with Gasteiger partial charge in [-0.2, -0.15) is 0 Å². The number of benzene rings is 2. The lowest BCUT2D eigenvalue weighted by Crippen LogP contribution is -2.29. The van der Waals surface area contributed by atoms with Gasteiger partial charge < -0.3 is 9.84 Å². The van der Waals surface area contributed by atoms with Crippen LogP contribution in [0.25, 0.3) is 10.1 Å². The van der Waals surface area contributed by atoms with Crippen LogP contribution in [0.3, 0.4) is 0 Å². The first-order valence-electron chi connectivity index (χ1n) is 10.1. The smallest absolute Gasteiger partial charge is 0.341 e. The van der Waals surface area contributed by atoms with Gasteiger partial charge in [-0.25, -0.2) is 13.3 Å². The van der Waals surface area contributed by atoms with E-state index >= 15 is 0 Å². The van der Waals surface area contributed by atoms with Gasteiger partial charge in [0.25, 0.3) is 0 Å². The highest BCUT2D eigenvalue weighted by molar-refractivity contribution is 7.99. The van der Waals surface area contributed by atoms with E-state index in [0.717, 1.165) is 45.5 Å². The van der Waals surface area contributed by atoms with E-state index in [0.29, 0.717) is 5.75 Å². The van der Waals surface area contributed by atoms with Crippen LogP contribution in [0, 0.1) is 13.8 Å². The highest BCUT2D eigenvalue weighted by atomic mass is 32.2. The number of hydrogen-bond acceptors (Lipinski definition) is 5. The van der Waals surface area contributed by atoms with Crippen molar-refractivity contribution < 1.29 is 18.8 Å². The molecule has 0 aliphatic rings. The summed E-state index contributed by atoms with van der Waals surface area (Å²) in [4.78, 5) is 11.8. The monoisotopic (exact) mass is 477 g/mol. The zero-order valence-electron chi connectivity index (χ0n) is 17.9. The first-order valence-corrected chi connectivity index (χ1v) is 13.0. The second-order valence-electron chi connectivity index (χ2n) is 7.15. The SMILES string of the molecule is CCCN(CCSc1ccc(OCC(=O)O)c(C)c1)S(=O)c1sc2ccccc2c1C. The molecule has 1 atom stereocenters. The maximum Gasteiger partial charge on any atom is 0.341 e. The number of fused-ring (bicyclic) bond motifs is 1. The fourth-order valence-electron chi connectivity index (χ4n) is 3.24. The van der Waals surface area contributed by atoms with Crippen LogP contribution in [0.1, 0.15) is 24.5 Å². The summed E-state index contributed by atoms with van der Waals surface area (Å²) in [5.41, 5.74) is 2.02. The third kappa shape index (κ3) is 6.10. The minimum Gasteiger partial charge on any atom is -0.482 e. The molecule has 0 spiro atoms. The first-order chi connectivity index (χ1) is 14.9. The fourth-order valence-corrected chi connectivity index (χ4v) is 7.35. The zero-order chi connectivity index (χ0) is 22.4. The molecule has 0 aliphatic carbocycles. The normalized spacial score (nSPS) is 12.4. The molecule has 2 aromatic carbocycles. The Hall–Kier alpha value is -1.87. The number of aryl methyl sites for hydroxylation is 2. The van der Waals surface area contributed by atoms with Crippen molar-refractivity contribution in [3.63, 3.8) is 0 Å². The van der Waals surface area contributed by atoms with E-state index < -0.39 is 17.0 Å². The van der Waals surface area contributed by atoms with Crippen LogP contribution < -0.4 is 4.74 Å². The minimum absolute atomic E-state index is 0.345. The van der Waals surface area contributed by atoms with Crippen molar-refractivity contribution in [1.82, 2.24) is 4.31 Å². The number of carboxylic acid groups (broad SMARTS) is 1. The van der Waals surface area contributed by atoms with Gasteiger partial charge in [0.05, 0.1) is 0 Å². The van der Waals surface area contributed by atoms with Crippen molar-refractivity contribution in [2.45, 2.75) is 36.3 Å².